The van der Waals surface area contributed by atoms with Crippen LogP contribution in [0.4, 0.5) is 0 Å². The molecule has 1 amide bonds. The summed E-state index contributed by atoms with van der Waals surface area (Å²) < 4.78 is 0. The Morgan fingerprint density at radius 2 is 1.24 bits per heavy atom. The molecule has 2 heteroatoms. The van der Waals surface area contributed by atoms with Crippen molar-refractivity contribution in [3.63, 3.8) is 0 Å². The fourth-order valence-electron chi connectivity index (χ4n) is 1.64. The Balaban J connectivity index is 3.45. The summed E-state index contributed by atoms with van der Waals surface area (Å²) in [6.45, 7) is 12.8. The summed E-state index contributed by atoms with van der Waals surface area (Å²) in [7, 11) is 0. The first-order chi connectivity index (χ1) is 7.51. The van der Waals surface area contributed by atoms with Crippen LogP contribution in [0, 0.1) is 0 Å². The lowest BCUT2D eigenvalue weighted by atomic mass is 9.79. The fourth-order valence-corrected chi connectivity index (χ4v) is 1.64. The smallest absolute Gasteiger partial charge is 0.248 e. The molecule has 0 unspecified atom stereocenters. The first-order valence-electron chi connectivity index (χ1n) is 5.97. The minimum Gasteiger partial charge on any atom is -0.366 e. The van der Waals surface area contributed by atoms with Crippen molar-refractivity contribution in [2.45, 2.75) is 52.4 Å². The molecule has 2 N–H and O–H groups in total. The monoisotopic (exact) mass is 233 g/mol. The predicted molar refractivity (Wildman–Crippen MR) is 72.4 cm³/mol. The van der Waals surface area contributed by atoms with Gasteiger partial charge in [0, 0.05) is 5.56 Å². The Labute approximate surface area is 104 Å². The first-order valence-corrected chi connectivity index (χ1v) is 5.97. The Bertz CT molecular complexity index is 401. The van der Waals surface area contributed by atoms with Gasteiger partial charge in [0.2, 0.25) is 5.91 Å². The van der Waals surface area contributed by atoms with Gasteiger partial charge in [-0.1, -0.05) is 47.6 Å². The molecule has 0 saturated heterocycles. The van der Waals surface area contributed by atoms with E-state index in [1.165, 1.54) is 0 Å². The molecule has 0 spiro atoms. The van der Waals surface area contributed by atoms with Crippen LogP contribution < -0.4 is 5.73 Å². The fraction of sp³-hybridized carbons (Fsp3) is 0.533. The van der Waals surface area contributed by atoms with Crippen LogP contribution in [0.5, 0.6) is 0 Å². The Morgan fingerprint density at radius 1 is 0.882 bits per heavy atom. The van der Waals surface area contributed by atoms with Crippen LogP contribution in [-0.4, -0.2) is 5.91 Å². The van der Waals surface area contributed by atoms with Gasteiger partial charge in [-0.2, -0.15) is 0 Å². The van der Waals surface area contributed by atoms with E-state index in [2.05, 4.69) is 47.6 Å². The largest absolute Gasteiger partial charge is 0.366 e. The van der Waals surface area contributed by atoms with Gasteiger partial charge in [0.25, 0.3) is 0 Å². The highest BCUT2D eigenvalue weighted by molar-refractivity contribution is 5.93. The highest BCUT2D eigenvalue weighted by Crippen LogP contribution is 2.30. The molecule has 0 radical (unpaired) electrons. The second-order valence-electron chi connectivity index (χ2n) is 6.66. The van der Waals surface area contributed by atoms with E-state index in [1.807, 2.05) is 12.1 Å². The zero-order chi connectivity index (χ0) is 13.4. The van der Waals surface area contributed by atoms with Crippen molar-refractivity contribution in [1.29, 1.82) is 0 Å². The van der Waals surface area contributed by atoms with Crippen LogP contribution in [0.25, 0.3) is 0 Å². The molecule has 1 rings (SSSR count). The van der Waals surface area contributed by atoms with E-state index in [-0.39, 0.29) is 16.7 Å². The van der Waals surface area contributed by atoms with Crippen molar-refractivity contribution < 1.29 is 4.79 Å². The van der Waals surface area contributed by atoms with Crippen molar-refractivity contribution in [3.8, 4) is 0 Å². The van der Waals surface area contributed by atoms with E-state index >= 15 is 0 Å². The molecule has 94 valence electrons. The zero-order valence-corrected chi connectivity index (χ0v) is 11.7. The number of nitrogens with two attached hydrogens (primary N) is 1. The number of carbonyl (C=O) groups is 1. The third-order valence-electron chi connectivity index (χ3n) is 2.95. The average molecular weight is 233 g/mol. The molecule has 1 aromatic rings. The maximum atomic E-state index is 11.4. The maximum Gasteiger partial charge on any atom is 0.248 e. The molecule has 0 aliphatic rings. The second-order valence-corrected chi connectivity index (χ2v) is 6.66. The second kappa shape index (κ2) is 4.17. The summed E-state index contributed by atoms with van der Waals surface area (Å²) in [5, 5.41) is 0. The molecule has 0 bridgehead atoms. The van der Waals surface area contributed by atoms with E-state index in [1.54, 1.807) is 0 Å². The molecule has 0 aromatic heterocycles. The Morgan fingerprint density at radius 3 is 1.47 bits per heavy atom. The highest BCUT2D eigenvalue weighted by Gasteiger charge is 2.21. The summed E-state index contributed by atoms with van der Waals surface area (Å²) in [4.78, 5) is 11.4. The molecule has 1 aromatic carbocycles. The minimum absolute atomic E-state index is 0.0193. The number of hydrogen-bond donors (Lipinski definition) is 1. The van der Waals surface area contributed by atoms with E-state index in [4.69, 9.17) is 5.73 Å². The molecule has 0 saturated carbocycles. The first kappa shape index (κ1) is 13.8. The van der Waals surface area contributed by atoms with Crippen LogP contribution in [0.1, 0.15) is 63.0 Å². The molecule has 0 atom stereocenters. The summed E-state index contributed by atoms with van der Waals surface area (Å²) >= 11 is 0. The normalized spacial score (nSPS) is 12.6. The number of primary amides is 1. The van der Waals surface area contributed by atoms with Crippen LogP contribution in [0.2, 0.25) is 0 Å². The van der Waals surface area contributed by atoms with Gasteiger partial charge in [-0.15, -0.1) is 0 Å². The molecular weight excluding hydrogens is 210 g/mol. The third-order valence-corrected chi connectivity index (χ3v) is 2.95. The summed E-state index contributed by atoms with van der Waals surface area (Å²) in [5.74, 6) is -0.360. The van der Waals surface area contributed by atoms with Crippen molar-refractivity contribution in [3.05, 3.63) is 34.9 Å². The lowest BCUT2D eigenvalue weighted by molar-refractivity contribution is 0.1000. The zero-order valence-electron chi connectivity index (χ0n) is 11.7. The van der Waals surface area contributed by atoms with Gasteiger partial charge in [-0.05, 0) is 34.1 Å². The molecule has 0 aliphatic heterocycles. The number of carbonyl (C=O) groups excluding carboxylic acids is 1. The third kappa shape index (κ3) is 3.32. The lowest BCUT2D eigenvalue weighted by Crippen LogP contribution is -2.20. The summed E-state index contributed by atoms with van der Waals surface area (Å²) in [5.41, 5.74) is 8.34. The van der Waals surface area contributed by atoms with Crippen LogP contribution in [0.15, 0.2) is 18.2 Å². The molecule has 17 heavy (non-hydrogen) atoms. The van der Waals surface area contributed by atoms with Gasteiger partial charge >= 0.3 is 0 Å². The molecular formula is C15H23NO. The quantitative estimate of drug-likeness (QED) is 0.794. The standard InChI is InChI=1S/C15H23NO/c1-14(2,3)11-7-10(13(16)17)8-12(9-11)15(4,5)6/h7-9H,1-6H3,(H2,16,17). The minimum atomic E-state index is -0.360. The molecule has 0 heterocycles. The highest BCUT2D eigenvalue weighted by atomic mass is 16.1. The van der Waals surface area contributed by atoms with E-state index < -0.39 is 0 Å². The molecule has 0 aliphatic carbocycles. The van der Waals surface area contributed by atoms with Gasteiger partial charge in [0.1, 0.15) is 0 Å². The van der Waals surface area contributed by atoms with Gasteiger partial charge in [0.05, 0.1) is 0 Å². The van der Waals surface area contributed by atoms with Gasteiger partial charge in [0.15, 0.2) is 0 Å². The van der Waals surface area contributed by atoms with Crippen molar-refractivity contribution in [2.75, 3.05) is 0 Å². The van der Waals surface area contributed by atoms with Crippen LogP contribution in [-0.2, 0) is 10.8 Å². The molecule has 2 nitrogen and oxygen atoms in total. The summed E-state index contributed by atoms with van der Waals surface area (Å²) in [6.07, 6.45) is 0. The topological polar surface area (TPSA) is 43.1 Å². The predicted octanol–water partition coefficient (Wildman–Crippen LogP) is 3.38. The Hall–Kier alpha value is -1.31. The van der Waals surface area contributed by atoms with Crippen LogP contribution in [0.3, 0.4) is 0 Å². The number of rotatable bonds is 1. The van der Waals surface area contributed by atoms with E-state index in [0.29, 0.717) is 5.56 Å². The van der Waals surface area contributed by atoms with E-state index in [0.717, 1.165) is 11.1 Å². The van der Waals surface area contributed by atoms with Gasteiger partial charge in [-0.3, -0.25) is 4.79 Å². The van der Waals surface area contributed by atoms with Crippen molar-refractivity contribution in [1.82, 2.24) is 0 Å². The lowest BCUT2D eigenvalue weighted by Gasteiger charge is -2.25. The number of benzene rings is 1. The number of amides is 1. The Kier molecular flexibility index (Phi) is 3.37. The van der Waals surface area contributed by atoms with E-state index in [9.17, 15) is 4.79 Å². The number of hydrogen-bond acceptors (Lipinski definition) is 1. The maximum absolute atomic E-state index is 11.4. The van der Waals surface area contributed by atoms with Gasteiger partial charge in [-0.25, -0.2) is 0 Å². The molecule has 0 fully saturated rings. The SMILES string of the molecule is CC(C)(C)c1cc(C(N)=O)cc(C(C)(C)C)c1. The van der Waals surface area contributed by atoms with Gasteiger partial charge < -0.3 is 5.73 Å². The van der Waals surface area contributed by atoms with Crippen molar-refractivity contribution >= 4 is 5.91 Å². The van der Waals surface area contributed by atoms with Crippen LogP contribution >= 0.6 is 0 Å². The van der Waals surface area contributed by atoms with Crippen molar-refractivity contribution in [2.24, 2.45) is 5.73 Å². The average Bonchev–Trinajstić information content (AvgIpc) is 2.14. The summed E-state index contributed by atoms with van der Waals surface area (Å²) in [6, 6.07) is 5.97.